The number of rotatable bonds is 4. The van der Waals surface area contributed by atoms with E-state index in [1.165, 1.54) is 10.8 Å². The molecular weight excluding hydrogens is 242 g/mol. The molecule has 2 atom stereocenters. The first-order chi connectivity index (χ1) is 7.95. The molecule has 92 valence electrons. The van der Waals surface area contributed by atoms with Crippen molar-refractivity contribution in [1.82, 2.24) is 9.55 Å². The zero-order chi connectivity index (χ0) is 13.0. The number of aromatic amines is 1. The molecule has 0 amide bonds. The second-order valence-electron chi connectivity index (χ2n) is 3.71. The van der Waals surface area contributed by atoms with E-state index in [2.05, 4.69) is 4.98 Å². The third-order valence-electron chi connectivity index (χ3n) is 2.47. The van der Waals surface area contributed by atoms with Crippen LogP contribution in [0.4, 0.5) is 0 Å². The van der Waals surface area contributed by atoms with Gasteiger partial charge in [-0.1, -0.05) is 6.92 Å². The van der Waals surface area contributed by atoms with Crippen molar-refractivity contribution in [1.29, 1.82) is 5.26 Å². The Morgan fingerprint density at radius 3 is 2.76 bits per heavy atom. The topological polar surface area (TPSA) is 95.7 Å². The molecule has 0 saturated carbocycles. The van der Waals surface area contributed by atoms with Crippen molar-refractivity contribution in [3.63, 3.8) is 0 Å². The number of H-pyrrole nitrogens is 1. The summed E-state index contributed by atoms with van der Waals surface area (Å²) in [7, 11) is -0.954. The van der Waals surface area contributed by atoms with E-state index in [4.69, 9.17) is 5.26 Å². The van der Waals surface area contributed by atoms with Gasteiger partial charge in [0.05, 0.1) is 0 Å². The van der Waals surface area contributed by atoms with Gasteiger partial charge >= 0.3 is 5.69 Å². The Kier molecular flexibility index (Phi) is 4.40. The first-order valence-electron chi connectivity index (χ1n) is 5.01. The summed E-state index contributed by atoms with van der Waals surface area (Å²) in [6.07, 6.45) is 3.37. The van der Waals surface area contributed by atoms with Crippen LogP contribution in [-0.2, 0) is 17.3 Å². The Morgan fingerprint density at radius 1 is 1.59 bits per heavy atom. The van der Waals surface area contributed by atoms with Crippen LogP contribution in [0.15, 0.2) is 15.8 Å². The maximum absolute atomic E-state index is 11.4. The number of nitrogens with one attached hydrogen (secondary N) is 1. The Labute approximate surface area is 100 Å². The van der Waals surface area contributed by atoms with E-state index in [0.29, 0.717) is 13.0 Å². The van der Waals surface area contributed by atoms with E-state index in [-0.39, 0.29) is 10.8 Å². The minimum atomic E-state index is -0.954. The summed E-state index contributed by atoms with van der Waals surface area (Å²) in [4.78, 5) is 24.6. The van der Waals surface area contributed by atoms with Crippen molar-refractivity contribution in [2.24, 2.45) is 0 Å². The Balaban J connectivity index is 2.93. The number of hydrogen-bond acceptors (Lipinski definition) is 4. The molecule has 6 nitrogen and oxygen atoms in total. The monoisotopic (exact) mass is 255 g/mol. The highest BCUT2D eigenvalue weighted by Gasteiger charge is 2.08. The highest BCUT2D eigenvalue weighted by Crippen LogP contribution is 2.00. The summed E-state index contributed by atoms with van der Waals surface area (Å²) in [5, 5.41) is 8.62. The van der Waals surface area contributed by atoms with E-state index >= 15 is 0 Å². The lowest BCUT2D eigenvalue weighted by molar-refractivity contribution is 0.591. The van der Waals surface area contributed by atoms with Crippen LogP contribution in [0.2, 0.25) is 0 Å². The standard InChI is InChI=1S/C10H13N3O3S/c1-7(17(2)16)3-4-13-6-8(5-11)9(14)12-10(13)15/h6-7H,3-4H2,1-2H3,(H,12,14,15). The molecule has 0 radical (unpaired) electrons. The smallest absolute Gasteiger partial charge is 0.299 e. The number of nitrogens with zero attached hydrogens (tertiary/aromatic N) is 2. The summed E-state index contributed by atoms with van der Waals surface area (Å²) in [5.41, 5.74) is -1.33. The van der Waals surface area contributed by atoms with Crippen molar-refractivity contribution >= 4 is 10.8 Å². The van der Waals surface area contributed by atoms with Crippen LogP contribution in [0.1, 0.15) is 18.9 Å². The largest absolute Gasteiger partial charge is 0.328 e. The summed E-state index contributed by atoms with van der Waals surface area (Å²) < 4.78 is 12.4. The molecule has 1 N–H and O–H groups in total. The van der Waals surface area contributed by atoms with Crippen molar-refractivity contribution in [3.8, 4) is 6.07 Å². The van der Waals surface area contributed by atoms with E-state index in [1.807, 2.05) is 6.92 Å². The minimum absolute atomic E-state index is 0.0423. The Morgan fingerprint density at radius 2 is 2.24 bits per heavy atom. The molecule has 1 rings (SSSR count). The highest BCUT2D eigenvalue weighted by atomic mass is 32.2. The molecular formula is C10H13N3O3S. The van der Waals surface area contributed by atoms with Crippen LogP contribution < -0.4 is 11.2 Å². The minimum Gasteiger partial charge on any atom is -0.299 e. The lowest BCUT2D eigenvalue weighted by atomic mass is 10.3. The summed E-state index contributed by atoms with van der Waals surface area (Å²) in [6, 6.07) is 1.71. The predicted molar refractivity (Wildman–Crippen MR) is 64.2 cm³/mol. The molecule has 0 aromatic carbocycles. The molecule has 0 bridgehead atoms. The molecule has 17 heavy (non-hydrogen) atoms. The van der Waals surface area contributed by atoms with E-state index in [1.54, 1.807) is 12.3 Å². The average Bonchev–Trinajstić information content (AvgIpc) is 2.27. The van der Waals surface area contributed by atoms with Gasteiger partial charge in [0.15, 0.2) is 0 Å². The maximum Gasteiger partial charge on any atom is 0.328 e. The van der Waals surface area contributed by atoms with E-state index < -0.39 is 22.0 Å². The molecule has 0 aliphatic heterocycles. The number of aryl methyl sites for hydroxylation is 1. The van der Waals surface area contributed by atoms with Gasteiger partial charge in [-0.3, -0.25) is 18.6 Å². The Hall–Kier alpha value is -1.68. The Bertz CT molecular complexity index is 582. The number of aromatic nitrogens is 2. The fraction of sp³-hybridized carbons (Fsp3) is 0.500. The normalized spacial score (nSPS) is 13.9. The van der Waals surface area contributed by atoms with Crippen molar-refractivity contribution in [2.75, 3.05) is 6.26 Å². The molecule has 0 saturated heterocycles. The molecule has 1 heterocycles. The van der Waals surface area contributed by atoms with Gasteiger partial charge in [0.1, 0.15) is 11.6 Å². The molecule has 0 aliphatic carbocycles. The van der Waals surface area contributed by atoms with Crippen molar-refractivity contribution in [2.45, 2.75) is 25.1 Å². The van der Waals surface area contributed by atoms with Gasteiger partial charge in [-0.2, -0.15) is 5.26 Å². The van der Waals surface area contributed by atoms with E-state index in [9.17, 15) is 13.8 Å². The molecule has 1 aromatic rings. The van der Waals surface area contributed by atoms with Crippen LogP contribution in [0.3, 0.4) is 0 Å². The van der Waals surface area contributed by atoms with Gasteiger partial charge < -0.3 is 0 Å². The first-order valence-corrected chi connectivity index (χ1v) is 6.64. The van der Waals surface area contributed by atoms with Crippen LogP contribution in [0.5, 0.6) is 0 Å². The van der Waals surface area contributed by atoms with Gasteiger partial charge in [0.25, 0.3) is 5.56 Å². The fourth-order valence-corrected chi connectivity index (χ4v) is 1.68. The molecule has 0 spiro atoms. The molecule has 0 aliphatic rings. The quantitative estimate of drug-likeness (QED) is 0.789. The average molecular weight is 255 g/mol. The van der Waals surface area contributed by atoms with Crippen LogP contribution in [0.25, 0.3) is 0 Å². The fourth-order valence-electron chi connectivity index (χ4n) is 1.24. The third-order valence-corrected chi connectivity index (χ3v) is 3.84. The molecule has 7 heteroatoms. The summed E-state index contributed by atoms with van der Waals surface area (Å²) in [6.45, 7) is 2.14. The second kappa shape index (κ2) is 5.59. The zero-order valence-corrected chi connectivity index (χ0v) is 10.4. The lowest BCUT2D eigenvalue weighted by Gasteiger charge is -2.09. The number of nitriles is 1. The predicted octanol–water partition coefficient (Wildman–Crippen LogP) is -0.435. The van der Waals surface area contributed by atoms with E-state index in [0.717, 1.165) is 0 Å². The molecule has 0 fully saturated rings. The van der Waals surface area contributed by atoms with Crippen LogP contribution >= 0.6 is 0 Å². The van der Waals surface area contributed by atoms with Crippen LogP contribution in [0, 0.1) is 11.3 Å². The van der Waals surface area contributed by atoms with Crippen molar-refractivity contribution < 1.29 is 4.21 Å². The van der Waals surface area contributed by atoms with Gasteiger partial charge in [-0.25, -0.2) is 4.79 Å². The molecule has 1 aromatic heterocycles. The maximum atomic E-state index is 11.4. The van der Waals surface area contributed by atoms with Gasteiger partial charge in [0, 0.05) is 35.0 Å². The molecule has 2 unspecified atom stereocenters. The first kappa shape index (κ1) is 13.4. The van der Waals surface area contributed by atoms with Crippen molar-refractivity contribution in [3.05, 3.63) is 32.6 Å². The highest BCUT2D eigenvalue weighted by molar-refractivity contribution is 7.84. The lowest BCUT2D eigenvalue weighted by Crippen LogP contribution is -2.32. The van der Waals surface area contributed by atoms with Gasteiger partial charge in [-0.15, -0.1) is 0 Å². The third kappa shape index (κ3) is 3.39. The van der Waals surface area contributed by atoms with Gasteiger partial charge in [-0.05, 0) is 6.42 Å². The summed E-state index contributed by atoms with van der Waals surface area (Å²) >= 11 is 0. The van der Waals surface area contributed by atoms with Gasteiger partial charge in [0.2, 0.25) is 0 Å². The zero-order valence-electron chi connectivity index (χ0n) is 9.60. The summed E-state index contributed by atoms with van der Waals surface area (Å²) in [5.74, 6) is 0. The second-order valence-corrected chi connectivity index (χ2v) is 5.51. The van der Waals surface area contributed by atoms with Crippen LogP contribution in [-0.4, -0.2) is 25.3 Å². The number of hydrogen-bond donors (Lipinski definition) is 1. The SMILES string of the molecule is CC(CCn1cc(C#N)c(=O)[nH]c1=O)S(C)=O.